The molecule has 0 spiro atoms. The van der Waals surface area contributed by atoms with E-state index in [-0.39, 0.29) is 23.4 Å². The number of aromatic nitrogens is 2. The first-order chi connectivity index (χ1) is 10.0. The minimum absolute atomic E-state index is 0.00964. The van der Waals surface area contributed by atoms with Crippen LogP contribution in [0.5, 0.6) is 6.01 Å². The normalized spacial score (nSPS) is 26.5. The van der Waals surface area contributed by atoms with Crippen LogP contribution in [-0.4, -0.2) is 35.8 Å². The summed E-state index contributed by atoms with van der Waals surface area (Å²) >= 11 is 0. The second-order valence-corrected chi connectivity index (χ2v) is 7.63. The van der Waals surface area contributed by atoms with Crippen molar-refractivity contribution in [3.05, 3.63) is 18.2 Å². The molecule has 1 N–H and O–H groups in total. The molecule has 2 aliphatic rings. The lowest BCUT2D eigenvalue weighted by molar-refractivity contribution is 0.132. The smallest absolute Gasteiger partial charge is 0.316 e. The molecule has 1 aromatic heterocycles. The van der Waals surface area contributed by atoms with Gasteiger partial charge >= 0.3 is 6.01 Å². The van der Waals surface area contributed by atoms with Crippen LogP contribution in [0.1, 0.15) is 38.5 Å². The molecule has 116 valence electrons. The highest BCUT2D eigenvalue weighted by molar-refractivity contribution is 7.90. The van der Waals surface area contributed by atoms with Crippen LogP contribution in [-0.2, 0) is 10.0 Å². The number of rotatable bonds is 5. The molecule has 2 aliphatic carbocycles. The highest BCUT2D eigenvalue weighted by atomic mass is 32.2. The van der Waals surface area contributed by atoms with Gasteiger partial charge in [0.05, 0.1) is 17.6 Å². The number of ether oxygens (including phenoxy) is 1. The molecule has 2 saturated carbocycles. The van der Waals surface area contributed by atoms with E-state index in [4.69, 9.17) is 4.74 Å². The van der Waals surface area contributed by atoms with E-state index in [1.54, 1.807) is 0 Å². The van der Waals surface area contributed by atoms with Gasteiger partial charge in [-0.05, 0) is 38.5 Å². The average Bonchev–Trinajstić information content (AvgIpc) is 3.28. The molecule has 0 radical (unpaired) electrons. The minimum Gasteiger partial charge on any atom is -0.460 e. The molecule has 8 heteroatoms. The van der Waals surface area contributed by atoms with Crippen molar-refractivity contribution in [2.45, 2.75) is 55.9 Å². The topological polar surface area (TPSA) is 81.2 Å². The van der Waals surface area contributed by atoms with Crippen molar-refractivity contribution >= 4 is 10.0 Å². The summed E-state index contributed by atoms with van der Waals surface area (Å²) < 4.78 is 44.8. The van der Waals surface area contributed by atoms with Crippen LogP contribution >= 0.6 is 0 Å². The number of hydrogen-bond acceptors (Lipinski definition) is 5. The predicted molar refractivity (Wildman–Crippen MR) is 73.7 cm³/mol. The van der Waals surface area contributed by atoms with Gasteiger partial charge < -0.3 is 4.74 Å². The Morgan fingerprint density at radius 2 is 1.71 bits per heavy atom. The fourth-order valence-electron chi connectivity index (χ4n) is 2.52. The molecular weight excluding hydrogens is 297 g/mol. The summed E-state index contributed by atoms with van der Waals surface area (Å²) in [5.74, 6) is -0.499. The Morgan fingerprint density at radius 1 is 1.10 bits per heavy atom. The zero-order valence-corrected chi connectivity index (χ0v) is 12.4. The first kappa shape index (κ1) is 14.6. The number of sulfonamides is 1. The maximum atomic E-state index is 12.7. The number of nitrogens with one attached hydrogen (secondary N) is 1. The summed E-state index contributed by atoms with van der Waals surface area (Å²) in [5.41, 5.74) is 0. The van der Waals surface area contributed by atoms with Crippen LogP contribution in [0.2, 0.25) is 0 Å². The van der Waals surface area contributed by atoms with Gasteiger partial charge in [0.15, 0.2) is 5.82 Å². The molecule has 1 aromatic rings. The van der Waals surface area contributed by atoms with Gasteiger partial charge in [0.25, 0.3) is 0 Å². The Labute approximate surface area is 123 Å². The van der Waals surface area contributed by atoms with Crippen LogP contribution in [0.15, 0.2) is 12.4 Å². The van der Waals surface area contributed by atoms with Crippen molar-refractivity contribution in [3.63, 3.8) is 0 Å². The maximum Gasteiger partial charge on any atom is 0.316 e. The van der Waals surface area contributed by atoms with E-state index in [0.717, 1.165) is 50.9 Å². The van der Waals surface area contributed by atoms with Crippen LogP contribution in [0, 0.1) is 5.82 Å². The average molecular weight is 315 g/mol. The van der Waals surface area contributed by atoms with E-state index in [1.807, 2.05) is 0 Å². The van der Waals surface area contributed by atoms with Crippen LogP contribution in [0.3, 0.4) is 0 Å². The molecular formula is C13H18FN3O3S. The van der Waals surface area contributed by atoms with Crippen LogP contribution < -0.4 is 9.46 Å². The molecule has 6 nitrogen and oxygen atoms in total. The summed E-state index contributed by atoms with van der Waals surface area (Å²) in [7, 11) is -3.13. The van der Waals surface area contributed by atoms with E-state index in [0.29, 0.717) is 0 Å². The predicted octanol–water partition coefficient (Wildman–Crippen LogP) is 1.39. The Morgan fingerprint density at radius 3 is 2.29 bits per heavy atom. The lowest BCUT2D eigenvalue weighted by atomic mass is 9.94. The second kappa shape index (κ2) is 5.84. The van der Waals surface area contributed by atoms with Crippen molar-refractivity contribution < 1.29 is 17.5 Å². The van der Waals surface area contributed by atoms with Crippen molar-refractivity contribution in [2.75, 3.05) is 0 Å². The van der Waals surface area contributed by atoms with Gasteiger partial charge in [-0.25, -0.2) is 27.5 Å². The molecule has 0 bridgehead atoms. The van der Waals surface area contributed by atoms with Crippen molar-refractivity contribution in [2.24, 2.45) is 0 Å². The van der Waals surface area contributed by atoms with Gasteiger partial charge in [-0.3, -0.25) is 0 Å². The monoisotopic (exact) mass is 315 g/mol. The van der Waals surface area contributed by atoms with Crippen molar-refractivity contribution in [1.82, 2.24) is 14.7 Å². The zero-order chi connectivity index (χ0) is 14.9. The SMILES string of the molecule is O=S(=O)(NC1CCC(Oc2ncc(F)cn2)CC1)C1CC1. The number of halogens is 1. The first-order valence-electron chi connectivity index (χ1n) is 7.18. The molecule has 0 aromatic carbocycles. The Kier molecular flexibility index (Phi) is 4.08. The first-order valence-corrected chi connectivity index (χ1v) is 8.73. The minimum atomic E-state index is -3.13. The molecule has 1 heterocycles. The van der Waals surface area contributed by atoms with Gasteiger partial charge in [0.2, 0.25) is 10.0 Å². The third-order valence-corrected chi connectivity index (χ3v) is 5.85. The van der Waals surface area contributed by atoms with E-state index in [9.17, 15) is 12.8 Å². The molecule has 0 amide bonds. The van der Waals surface area contributed by atoms with Crippen LogP contribution in [0.4, 0.5) is 4.39 Å². The van der Waals surface area contributed by atoms with E-state index in [1.165, 1.54) is 0 Å². The van der Waals surface area contributed by atoms with Gasteiger partial charge in [-0.15, -0.1) is 0 Å². The van der Waals surface area contributed by atoms with Gasteiger partial charge in [-0.2, -0.15) is 0 Å². The second-order valence-electron chi connectivity index (χ2n) is 5.64. The summed E-state index contributed by atoms with van der Waals surface area (Å²) in [4.78, 5) is 7.52. The maximum absolute atomic E-state index is 12.7. The summed E-state index contributed by atoms with van der Waals surface area (Å²) in [6.45, 7) is 0. The highest BCUT2D eigenvalue weighted by Gasteiger charge is 2.37. The fourth-order valence-corrected chi connectivity index (χ4v) is 4.17. The van der Waals surface area contributed by atoms with Crippen LogP contribution in [0.25, 0.3) is 0 Å². The number of nitrogens with zero attached hydrogens (tertiary/aromatic N) is 2. The lowest BCUT2D eigenvalue weighted by Crippen LogP contribution is -2.41. The summed E-state index contributed by atoms with van der Waals surface area (Å²) in [6, 6.07) is 0.156. The van der Waals surface area contributed by atoms with E-state index < -0.39 is 15.8 Å². The largest absolute Gasteiger partial charge is 0.460 e. The molecule has 0 atom stereocenters. The Bertz CT molecular complexity index is 581. The van der Waals surface area contributed by atoms with Gasteiger partial charge in [-0.1, -0.05) is 0 Å². The van der Waals surface area contributed by atoms with Crippen molar-refractivity contribution in [1.29, 1.82) is 0 Å². The summed E-state index contributed by atoms with van der Waals surface area (Å²) in [5, 5.41) is -0.181. The molecule has 3 rings (SSSR count). The third-order valence-electron chi connectivity index (χ3n) is 3.84. The highest BCUT2D eigenvalue weighted by Crippen LogP contribution is 2.29. The fraction of sp³-hybridized carbons (Fsp3) is 0.692. The van der Waals surface area contributed by atoms with E-state index in [2.05, 4.69) is 14.7 Å². The molecule has 0 unspecified atom stereocenters. The molecule has 2 fully saturated rings. The van der Waals surface area contributed by atoms with E-state index >= 15 is 0 Å². The Balaban J connectivity index is 1.47. The third kappa shape index (κ3) is 3.88. The molecule has 21 heavy (non-hydrogen) atoms. The standard InChI is InChI=1S/C13H18FN3O3S/c14-9-7-15-13(16-8-9)20-11-3-1-10(2-4-11)17-21(18,19)12-5-6-12/h7-8,10-12,17H,1-6H2. The van der Waals surface area contributed by atoms with Gasteiger partial charge in [0, 0.05) is 6.04 Å². The Hall–Kier alpha value is -1.28. The summed E-state index contributed by atoms with van der Waals surface area (Å²) in [6.07, 6.45) is 6.57. The number of hydrogen-bond donors (Lipinski definition) is 1. The van der Waals surface area contributed by atoms with Gasteiger partial charge in [0.1, 0.15) is 6.10 Å². The molecule has 0 saturated heterocycles. The quantitative estimate of drug-likeness (QED) is 0.888. The zero-order valence-electron chi connectivity index (χ0n) is 11.5. The molecule has 0 aliphatic heterocycles. The lowest BCUT2D eigenvalue weighted by Gasteiger charge is -2.28. The van der Waals surface area contributed by atoms with Crippen molar-refractivity contribution in [3.8, 4) is 6.01 Å².